The SMILES string of the molecule is Cn1ccc(COc2cnc3ccccc3c2C(=O)O)n1. The summed E-state index contributed by atoms with van der Waals surface area (Å²) >= 11 is 0. The van der Waals surface area contributed by atoms with Gasteiger partial charge in [-0.2, -0.15) is 5.10 Å². The molecule has 3 rings (SSSR count). The van der Waals surface area contributed by atoms with E-state index in [-0.39, 0.29) is 17.9 Å². The lowest BCUT2D eigenvalue weighted by atomic mass is 10.1. The summed E-state index contributed by atoms with van der Waals surface area (Å²) in [6, 6.07) is 8.90. The molecule has 0 atom stereocenters. The summed E-state index contributed by atoms with van der Waals surface area (Å²) < 4.78 is 7.25. The number of aryl methyl sites for hydroxylation is 1. The Morgan fingerprint density at radius 1 is 1.33 bits per heavy atom. The molecule has 3 aromatic rings. The number of carboxylic acids is 1. The van der Waals surface area contributed by atoms with E-state index >= 15 is 0 Å². The van der Waals surface area contributed by atoms with Gasteiger partial charge in [-0.15, -0.1) is 0 Å². The van der Waals surface area contributed by atoms with Gasteiger partial charge in [0.1, 0.15) is 12.2 Å². The second-order valence-electron chi connectivity index (χ2n) is 4.59. The van der Waals surface area contributed by atoms with Crippen molar-refractivity contribution in [2.45, 2.75) is 6.61 Å². The first-order valence-electron chi connectivity index (χ1n) is 6.37. The zero-order chi connectivity index (χ0) is 14.8. The molecule has 0 saturated heterocycles. The standard InChI is InChI=1S/C15H13N3O3/c1-18-7-6-10(17-18)9-21-13-8-16-12-5-3-2-4-11(12)14(13)15(19)20/h2-8H,9H2,1H3,(H,19,20). The molecule has 0 aliphatic rings. The topological polar surface area (TPSA) is 77.2 Å². The smallest absolute Gasteiger partial charge is 0.340 e. The number of ether oxygens (including phenoxy) is 1. The maximum atomic E-state index is 11.5. The van der Waals surface area contributed by atoms with Crippen LogP contribution >= 0.6 is 0 Å². The summed E-state index contributed by atoms with van der Waals surface area (Å²) in [5.74, 6) is -0.795. The van der Waals surface area contributed by atoms with Crippen molar-refractivity contribution in [2.24, 2.45) is 7.05 Å². The van der Waals surface area contributed by atoms with Crippen molar-refractivity contribution >= 4 is 16.9 Å². The summed E-state index contributed by atoms with van der Waals surface area (Å²) in [4.78, 5) is 15.8. The summed E-state index contributed by atoms with van der Waals surface area (Å²) in [6.07, 6.45) is 3.24. The molecule has 0 unspecified atom stereocenters. The molecule has 0 fully saturated rings. The quantitative estimate of drug-likeness (QED) is 0.794. The van der Waals surface area contributed by atoms with Gasteiger partial charge in [0.25, 0.3) is 0 Å². The van der Waals surface area contributed by atoms with E-state index in [9.17, 15) is 9.90 Å². The van der Waals surface area contributed by atoms with Gasteiger partial charge in [0.15, 0.2) is 5.75 Å². The molecule has 6 heteroatoms. The van der Waals surface area contributed by atoms with Crippen molar-refractivity contribution in [3.8, 4) is 5.75 Å². The number of hydrogen-bond acceptors (Lipinski definition) is 4. The van der Waals surface area contributed by atoms with Crippen LogP contribution in [0.2, 0.25) is 0 Å². The number of aromatic nitrogens is 3. The maximum Gasteiger partial charge on any atom is 0.340 e. The first-order valence-corrected chi connectivity index (χ1v) is 6.37. The highest BCUT2D eigenvalue weighted by Gasteiger charge is 2.16. The average molecular weight is 283 g/mol. The van der Waals surface area contributed by atoms with Crippen molar-refractivity contribution in [1.82, 2.24) is 14.8 Å². The molecule has 0 aliphatic carbocycles. The van der Waals surface area contributed by atoms with E-state index in [0.717, 1.165) is 5.69 Å². The van der Waals surface area contributed by atoms with E-state index in [4.69, 9.17) is 4.74 Å². The maximum absolute atomic E-state index is 11.5. The van der Waals surface area contributed by atoms with Crippen molar-refractivity contribution in [3.05, 3.63) is 54.0 Å². The van der Waals surface area contributed by atoms with Crippen LogP contribution in [0.25, 0.3) is 10.9 Å². The highest BCUT2D eigenvalue weighted by molar-refractivity contribution is 6.04. The Bertz CT molecular complexity index is 811. The van der Waals surface area contributed by atoms with E-state index in [1.807, 2.05) is 19.2 Å². The third kappa shape index (κ3) is 2.55. The summed E-state index contributed by atoms with van der Waals surface area (Å²) in [6.45, 7) is 0.196. The zero-order valence-electron chi connectivity index (χ0n) is 11.4. The Morgan fingerprint density at radius 2 is 2.14 bits per heavy atom. The fourth-order valence-electron chi connectivity index (χ4n) is 2.14. The molecule has 0 amide bonds. The molecule has 0 aliphatic heterocycles. The number of pyridine rings is 1. The Labute approximate surface area is 120 Å². The second-order valence-corrected chi connectivity index (χ2v) is 4.59. The lowest BCUT2D eigenvalue weighted by molar-refractivity contribution is 0.0694. The third-order valence-electron chi connectivity index (χ3n) is 3.10. The number of aromatic carboxylic acids is 1. The number of fused-ring (bicyclic) bond motifs is 1. The van der Waals surface area contributed by atoms with Crippen LogP contribution in [-0.2, 0) is 13.7 Å². The minimum absolute atomic E-state index is 0.122. The van der Waals surface area contributed by atoms with E-state index in [2.05, 4.69) is 10.1 Å². The highest BCUT2D eigenvalue weighted by Crippen LogP contribution is 2.26. The van der Waals surface area contributed by atoms with Crippen molar-refractivity contribution in [2.75, 3.05) is 0 Å². The predicted octanol–water partition coefficient (Wildman–Crippen LogP) is 2.25. The van der Waals surface area contributed by atoms with Gasteiger partial charge in [-0.1, -0.05) is 18.2 Å². The van der Waals surface area contributed by atoms with Gasteiger partial charge in [-0.25, -0.2) is 4.79 Å². The van der Waals surface area contributed by atoms with Crippen LogP contribution in [0.15, 0.2) is 42.7 Å². The van der Waals surface area contributed by atoms with E-state index in [1.54, 1.807) is 29.1 Å². The van der Waals surface area contributed by atoms with Crippen LogP contribution in [0, 0.1) is 0 Å². The minimum atomic E-state index is -1.04. The second kappa shape index (κ2) is 5.24. The molecular weight excluding hydrogens is 270 g/mol. The lowest BCUT2D eigenvalue weighted by Crippen LogP contribution is -2.06. The first-order chi connectivity index (χ1) is 10.1. The molecule has 0 saturated carbocycles. The van der Waals surface area contributed by atoms with Gasteiger partial charge in [0.2, 0.25) is 0 Å². The van der Waals surface area contributed by atoms with Crippen molar-refractivity contribution in [3.63, 3.8) is 0 Å². The van der Waals surface area contributed by atoms with Crippen LogP contribution in [-0.4, -0.2) is 25.8 Å². The normalized spacial score (nSPS) is 10.7. The summed E-state index contributed by atoms with van der Waals surface area (Å²) in [5, 5.41) is 14.2. The van der Waals surface area contributed by atoms with Gasteiger partial charge in [-0.05, 0) is 12.1 Å². The van der Waals surface area contributed by atoms with Gasteiger partial charge in [0.05, 0.1) is 17.4 Å². The Kier molecular flexibility index (Phi) is 3.27. The van der Waals surface area contributed by atoms with E-state index in [1.165, 1.54) is 6.20 Å². The van der Waals surface area contributed by atoms with E-state index < -0.39 is 5.97 Å². The molecule has 21 heavy (non-hydrogen) atoms. The molecule has 2 aromatic heterocycles. The molecular formula is C15H13N3O3. The first kappa shape index (κ1) is 13.1. The summed E-state index contributed by atoms with van der Waals surface area (Å²) in [7, 11) is 1.81. The molecule has 0 radical (unpaired) electrons. The number of nitrogens with zero attached hydrogens (tertiary/aromatic N) is 3. The molecule has 1 aromatic carbocycles. The zero-order valence-corrected chi connectivity index (χ0v) is 11.4. The van der Waals surface area contributed by atoms with Crippen LogP contribution in [0.5, 0.6) is 5.75 Å². The molecule has 1 N–H and O–H groups in total. The van der Waals surface area contributed by atoms with Gasteiger partial charge in [-0.3, -0.25) is 9.67 Å². The predicted molar refractivity (Wildman–Crippen MR) is 76.2 cm³/mol. The largest absolute Gasteiger partial charge is 0.485 e. The number of carboxylic acid groups (broad SMARTS) is 1. The fraction of sp³-hybridized carbons (Fsp3) is 0.133. The Balaban J connectivity index is 1.97. The number of para-hydroxylation sites is 1. The van der Waals surface area contributed by atoms with Gasteiger partial charge in [0, 0.05) is 18.6 Å². The molecule has 6 nitrogen and oxygen atoms in total. The lowest BCUT2D eigenvalue weighted by Gasteiger charge is -2.10. The molecule has 106 valence electrons. The van der Waals surface area contributed by atoms with Crippen molar-refractivity contribution < 1.29 is 14.6 Å². The van der Waals surface area contributed by atoms with Crippen LogP contribution in [0.1, 0.15) is 16.1 Å². The third-order valence-corrected chi connectivity index (χ3v) is 3.10. The number of rotatable bonds is 4. The van der Waals surface area contributed by atoms with E-state index in [0.29, 0.717) is 10.9 Å². The molecule has 0 bridgehead atoms. The van der Waals surface area contributed by atoms with Gasteiger partial charge >= 0.3 is 5.97 Å². The Hall–Kier alpha value is -2.89. The highest BCUT2D eigenvalue weighted by atomic mass is 16.5. The number of benzene rings is 1. The molecule has 2 heterocycles. The summed E-state index contributed by atoms with van der Waals surface area (Å²) in [5.41, 5.74) is 1.47. The van der Waals surface area contributed by atoms with Gasteiger partial charge < -0.3 is 9.84 Å². The van der Waals surface area contributed by atoms with Crippen molar-refractivity contribution in [1.29, 1.82) is 0 Å². The average Bonchev–Trinajstić information content (AvgIpc) is 2.89. The number of carbonyl (C=O) groups is 1. The molecule has 0 spiro atoms. The monoisotopic (exact) mass is 283 g/mol. The van der Waals surface area contributed by atoms with Crippen LogP contribution in [0.4, 0.5) is 0 Å². The Morgan fingerprint density at radius 3 is 2.86 bits per heavy atom. The van der Waals surface area contributed by atoms with Crippen LogP contribution in [0.3, 0.4) is 0 Å². The van der Waals surface area contributed by atoms with Crippen LogP contribution < -0.4 is 4.74 Å². The minimum Gasteiger partial charge on any atom is -0.485 e. The fourth-order valence-corrected chi connectivity index (χ4v) is 2.14. The number of hydrogen-bond donors (Lipinski definition) is 1.